The smallest absolute Gasteiger partial charge is 0.234 e. The third-order valence-corrected chi connectivity index (χ3v) is 5.69. The predicted molar refractivity (Wildman–Crippen MR) is 113 cm³/mol. The molecule has 0 aliphatic heterocycles. The van der Waals surface area contributed by atoms with Crippen LogP contribution in [0.25, 0.3) is 0 Å². The second-order valence-corrected chi connectivity index (χ2v) is 8.11. The zero-order chi connectivity index (χ0) is 21.4. The van der Waals surface area contributed by atoms with Crippen LogP contribution in [-0.4, -0.2) is 38.1 Å². The summed E-state index contributed by atoms with van der Waals surface area (Å²) in [4.78, 5) is 37.8. The maximum Gasteiger partial charge on any atom is 0.234 e. The minimum Gasteiger partial charge on any atom is -0.336 e. The number of thioether (sulfide) groups is 1. The van der Waals surface area contributed by atoms with Crippen LogP contribution in [0.2, 0.25) is 0 Å². The summed E-state index contributed by atoms with van der Waals surface area (Å²) >= 11 is 1.16. The Morgan fingerprint density at radius 3 is 2.30 bits per heavy atom. The number of hydrogen-bond acceptors (Lipinski definition) is 7. The molecule has 9 heteroatoms. The van der Waals surface area contributed by atoms with E-state index < -0.39 is 0 Å². The number of nitrogens with zero attached hydrogens (tertiary/aromatic N) is 3. The van der Waals surface area contributed by atoms with E-state index in [1.807, 2.05) is 13.8 Å². The second kappa shape index (κ2) is 7.75. The molecular weight excluding hydrogens is 402 g/mol. The number of amides is 1. The first-order valence-electron chi connectivity index (χ1n) is 9.32. The van der Waals surface area contributed by atoms with Crippen molar-refractivity contribution in [2.24, 2.45) is 0 Å². The number of carbonyl (C=O) groups is 3. The predicted octanol–water partition coefficient (Wildman–Crippen LogP) is 2.62. The summed E-state index contributed by atoms with van der Waals surface area (Å²) in [5, 5.41) is 11.2. The number of aromatic nitrogens is 3. The van der Waals surface area contributed by atoms with Crippen LogP contribution in [0.5, 0.6) is 0 Å². The first-order valence-corrected chi connectivity index (χ1v) is 10.3. The van der Waals surface area contributed by atoms with Crippen LogP contribution >= 0.6 is 11.8 Å². The van der Waals surface area contributed by atoms with Crippen LogP contribution in [0.1, 0.15) is 57.4 Å². The largest absolute Gasteiger partial charge is 0.336 e. The molecule has 8 nitrogen and oxygen atoms in total. The summed E-state index contributed by atoms with van der Waals surface area (Å²) in [7, 11) is 0. The molecule has 0 saturated carbocycles. The average Bonchev–Trinajstić information content (AvgIpc) is 3.11. The molecule has 3 aromatic rings. The van der Waals surface area contributed by atoms with Crippen LogP contribution in [0.15, 0.2) is 47.6 Å². The summed E-state index contributed by atoms with van der Waals surface area (Å²) < 4.78 is 1.38. The maximum atomic E-state index is 12.8. The van der Waals surface area contributed by atoms with Crippen molar-refractivity contribution in [2.45, 2.75) is 24.9 Å². The van der Waals surface area contributed by atoms with Gasteiger partial charge in [0.1, 0.15) is 0 Å². The van der Waals surface area contributed by atoms with Crippen molar-refractivity contribution < 1.29 is 14.4 Å². The molecule has 1 aromatic heterocycles. The van der Waals surface area contributed by atoms with Crippen molar-refractivity contribution in [3.8, 4) is 0 Å². The van der Waals surface area contributed by atoms with Crippen molar-refractivity contribution in [1.29, 1.82) is 0 Å². The first kappa shape index (κ1) is 19.8. The van der Waals surface area contributed by atoms with Gasteiger partial charge in [-0.05, 0) is 18.2 Å². The molecule has 1 heterocycles. The lowest BCUT2D eigenvalue weighted by atomic mass is 9.84. The van der Waals surface area contributed by atoms with E-state index in [4.69, 9.17) is 5.84 Å². The Morgan fingerprint density at radius 2 is 1.67 bits per heavy atom. The Hall–Kier alpha value is -3.46. The fourth-order valence-electron chi connectivity index (χ4n) is 3.28. The van der Waals surface area contributed by atoms with E-state index in [-0.39, 0.29) is 34.7 Å². The number of nitrogen functional groups attached to an aromatic ring is 1. The van der Waals surface area contributed by atoms with Gasteiger partial charge in [0.2, 0.25) is 11.1 Å². The minimum atomic E-state index is -0.288. The molecule has 0 radical (unpaired) electrons. The van der Waals surface area contributed by atoms with Gasteiger partial charge >= 0.3 is 0 Å². The van der Waals surface area contributed by atoms with E-state index in [2.05, 4.69) is 15.5 Å². The lowest BCUT2D eigenvalue weighted by Gasteiger charge is -2.18. The highest BCUT2D eigenvalue weighted by Crippen LogP contribution is 2.29. The molecule has 0 atom stereocenters. The topological polar surface area (TPSA) is 120 Å². The molecule has 152 valence electrons. The van der Waals surface area contributed by atoms with Crippen LogP contribution in [0.4, 0.5) is 5.69 Å². The fraction of sp³-hybridized carbons (Fsp3) is 0.190. The van der Waals surface area contributed by atoms with Crippen molar-refractivity contribution in [3.05, 3.63) is 70.5 Å². The third kappa shape index (κ3) is 3.48. The molecular formula is C21H19N5O3S. The monoisotopic (exact) mass is 421 g/mol. The molecule has 1 aliphatic carbocycles. The first-order chi connectivity index (χ1) is 14.4. The van der Waals surface area contributed by atoms with Crippen molar-refractivity contribution in [2.75, 3.05) is 16.9 Å². The van der Waals surface area contributed by atoms with Gasteiger partial charge in [-0.3, -0.25) is 14.4 Å². The van der Waals surface area contributed by atoms with Gasteiger partial charge < -0.3 is 11.2 Å². The lowest BCUT2D eigenvalue weighted by molar-refractivity contribution is -0.113. The van der Waals surface area contributed by atoms with Crippen molar-refractivity contribution in [1.82, 2.24) is 14.9 Å². The standard InChI is InChI=1S/C21H19N5O3S/c1-11(2)20-24-25-21(26(20)22)30-10-17(27)23-12-7-8-15-16(9-12)19(29)14-6-4-3-5-13(14)18(15)28/h3-9,11H,10,22H2,1-2H3,(H,23,27). The van der Waals surface area contributed by atoms with E-state index in [1.165, 1.54) is 10.7 Å². The van der Waals surface area contributed by atoms with Crippen LogP contribution in [-0.2, 0) is 4.79 Å². The number of hydrogen-bond donors (Lipinski definition) is 2. The summed E-state index contributed by atoms with van der Waals surface area (Å²) in [6.07, 6.45) is 0. The molecule has 0 bridgehead atoms. The molecule has 1 amide bonds. The fourth-order valence-corrected chi connectivity index (χ4v) is 3.95. The molecule has 0 spiro atoms. The van der Waals surface area contributed by atoms with Gasteiger partial charge in [0.05, 0.1) is 5.75 Å². The highest BCUT2D eigenvalue weighted by molar-refractivity contribution is 7.99. The molecule has 30 heavy (non-hydrogen) atoms. The zero-order valence-corrected chi connectivity index (χ0v) is 17.2. The number of benzene rings is 2. The van der Waals surface area contributed by atoms with Gasteiger partial charge in [-0.15, -0.1) is 10.2 Å². The molecule has 0 fully saturated rings. The van der Waals surface area contributed by atoms with Gasteiger partial charge in [0, 0.05) is 33.9 Å². The van der Waals surface area contributed by atoms with Crippen molar-refractivity contribution in [3.63, 3.8) is 0 Å². The minimum absolute atomic E-state index is 0.0697. The number of carbonyl (C=O) groups excluding carboxylic acids is 3. The molecule has 4 rings (SSSR count). The number of anilines is 1. The van der Waals surface area contributed by atoms with Crippen LogP contribution < -0.4 is 11.2 Å². The summed E-state index contributed by atoms with van der Waals surface area (Å²) in [6, 6.07) is 11.5. The van der Waals surface area contributed by atoms with E-state index in [0.29, 0.717) is 33.4 Å². The highest BCUT2D eigenvalue weighted by atomic mass is 32.2. The molecule has 2 aromatic carbocycles. The SMILES string of the molecule is CC(C)c1nnc(SCC(=O)Nc2ccc3c(c2)C(=O)c2ccccc2C3=O)n1N. The summed E-state index contributed by atoms with van der Waals surface area (Å²) in [5.74, 6) is 6.06. The Kier molecular flexibility index (Phi) is 5.13. The van der Waals surface area contributed by atoms with Gasteiger partial charge in [0.15, 0.2) is 17.4 Å². The quantitative estimate of drug-likeness (QED) is 0.375. The normalized spacial score (nSPS) is 12.6. The van der Waals surface area contributed by atoms with Gasteiger partial charge in [-0.1, -0.05) is 49.9 Å². The Bertz CT molecular complexity index is 1190. The van der Waals surface area contributed by atoms with Gasteiger partial charge in [-0.25, -0.2) is 4.68 Å². The van der Waals surface area contributed by atoms with Crippen LogP contribution in [0, 0.1) is 0 Å². The number of fused-ring (bicyclic) bond motifs is 2. The Balaban J connectivity index is 1.48. The summed E-state index contributed by atoms with van der Waals surface area (Å²) in [6.45, 7) is 3.91. The van der Waals surface area contributed by atoms with E-state index >= 15 is 0 Å². The average molecular weight is 421 g/mol. The lowest BCUT2D eigenvalue weighted by Crippen LogP contribution is -2.22. The third-order valence-electron chi connectivity index (χ3n) is 4.75. The van der Waals surface area contributed by atoms with Crippen LogP contribution in [0.3, 0.4) is 0 Å². The maximum absolute atomic E-state index is 12.8. The van der Waals surface area contributed by atoms with E-state index in [1.54, 1.807) is 36.4 Å². The van der Waals surface area contributed by atoms with Gasteiger partial charge in [-0.2, -0.15) is 0 Å². The van der Waals surface area contributed by atoms with Crippen molar-refractivity contribution >= 4 is 34.9 Å². The molecule has 1 aliphatic rings. The zero-order valence-electron chi connectivity index (χ0n) is 16.4. The Morgan fingerprint density at radius 1 is 1.03 bits per heavy atom. The molecule has 0 unspecified atom stereocenters. The number of rotatable bonds is 5. The summed E-state index contributed by atoms with van der Waals surface area (Å²) in [5.41, 5.74) is 1.83. The number of ketones is 2. The number of nitrogens with two attached hydrogens (primary N) is 1. The molecule has 0 saturated heterocycles. The Labute approximate surface area is 176 Å². The number of nitrogens with one attached hydrogen (secondary N) is 1. The van der Waals surface area contributed by atoms with Gasteiger partial charge in [0.25, 0.3) is 0 Å². The van der Waals surface area contributed by atoms with E-state index in [9.17, 15) is 14.4 Å². The van der Waals surface area contributed by atoms with E-state index in [0.717, 1.165) is 11.8 Å². The molecule has 3 N–H and O–H groups in total. The second-order valence-electron chi connectivity index (χ2n) is 7.17. The highest BCUT2D eigenvalue weighted by Gasteiger charge is 2.29.